The molecule has 0 aliphatic carbocycles. The van der Waals surface area contributed by atoms with Crippen molar-refractivity contribution in [3.05, 3.63) is 51.8 Å². The number of aromatic nitrogens is 2. The van der Waals surface area contributed by atoms with E-state index in [0.717, 1.165) is 6.07 Å². The predicted molar refractivity (Wildman–Crippen MR) is 63.5 cm³/mol. The Hall–Kier alpha value is -2.51. The summed E-state index contributed by atoms with van der Waals surface area (Å²) in [5.74, 6) is -2.02. The number of halogens is 2. The van der Waals surface area contributed by atoms with E-state index in [2.05, 4.69) is 10.4 Å². The summed E-state index contributed by atoms with van der Waals surface area (Å²) in [5, 5.41) is 17.3. The van der Waals surface area contributed by atoms with Gasteiger partial charge in [-0.15, -0.1) is 0 Å². The Morgan fingerprint density at radius 3 is 2.74 bits per heavy atom. The van der Waals surface area contributed by atoms with Crippen LogP contribution in [0.1, 0.15) is 5.56 Å². The van der Waals surface area contributed by atoms with Crippen molar-refractivity contribution in [1.29, 1.82) is 0 Å². The van der Waals surface area contributed by atoms with Crippen LogP contribution in [0.5, 0.6) is 0 Å². The molecule has 0 saturated heterocycles. The number of aryl methyl sites for hydroxylation is 1. The van der Waals surface area contributed by atoms with Crippen LogP contribution in [-0.4, -0.2) is 14.7 Å². The Kier molecular flexibility index (Phi) is 3.41. The second-order valence-corrected chi connectivity index (χ2v) is 3.91. The van der Waals surface area contributed by atoms with Crippen LogP contribution in [0.2, 0.25) is 0 Å². The minimum Gasteiger partial charge on any atom is -0.378 e. The van der Waals surface area contributed by atoms with Crippen LogP contribution in [0.15, 0.2) is 24.5 Å². The lowest BCUT2D eigenvalue weighted by molar-refractivity contribution is -0.387. The van der Waals surface area contributed by atoms with Gasteiger partial charge in [-0.3, -0.25) is 14.8 Å². The molecule has 0 fully saturated rings. The molecule has 2 aromatic rings. The monoisotopic (exact) mass is 268 g/mol. The fourth-order valence-corrected chi connectivity index (χ4v) is 1.57. The molecule has 1 aromatic heterocycles. The van der Waals surface area contributed by atoms with E-state index < -0.39 is 22.2 Å². The summed E-state index contributed by atoms with van der Waals surface area (Å²) in [6.07, 6.45) is 3.19. The van der Waals surface area contributed by atoms with E-state index in [1.807, 2.05) is 0 Å². The van der Waals surface area contributed by atoms with Gasteiger partial charge in [0.05, 0.1) is 16.8 Å². The minimum atomic E-state index is -1.19. The maximum Gasteiger partial charge on any atom is 0.305 e. The molecule has 0 atom stereocenters. The zero-order valence-corrected chi connectivity index (χ0v) is 9.93. The Morgan fingerprint density at radius 1 is 1.42 bits per heavy atom. The van der Waals surface area contributed by atoms with E-state index in [4.69, 9.17) is 0 Å². The Morgan fingerprint density at radius 2 is 2.16 bits per heavy atom. The first kappa shape index (κ1) is 12.9. The fraction of sp³-hybridized carbons (Fsp3) is 0.182. The topological polar surface area (TPSA) is 73.0 Å². The summed E-state index contributed by atoms with van der Waals surface area (Å²) < 4.78 is 28.2. The highest BCUT2D eigenvalue weighted by molar-refractivity contribution is 5.42. The molecule has 8 heteroatoms. The van der Waals surface area contributed by atoms with Crippen LogP contribution in [0.3, 0.4) is 0 Å². The highest BCUT2D eigenvalue weighted by Gasteiger charge is 2.18. The average Bonchev–Trinajstić information content (AvgIpc) is 2.73. The second-order valence-electron chi connectivity index (χ2n) is 3.91. The van der Waals surface area contributed by atoms with Crippen molar-refractivity contribution in [2.45, 2.75) is 6.54 Å². The van der Waals surface area contributed by atoms with E-state index >= 15 is 0 Å². The normalized spacial score (nSPS) is 10.5. The second kappa shape index (κ2) is 5.01. The Balaban J connectivity index is 2.20. The molecule has 2 rings (SSSR count). The molecule has 0 aliphatic rings. The van der Waals surface area contributed by atoms with Crippen molar-refractivity contribution in [1.82, 2.24) is 9.78 Å². The summed E-state index contributed by atoms with van der Waals surface area (Å²) >= 11 is 0. The first-order valence-corrected chi connectivity index (χ1v) is 5.32. The number of hydrogen-bond donors (Lipinski definition) is 1. The summed E-state index contributed by atoms with van der Waals surface area (Å²) in [6.45, 7) is -0.00134. The molecule has 0 amide bonds. The molecule has 6 nitrogen and oxygen atoms in total. The number of benzene rings is 1. The summed E-state index contributed by atoms with van der Waals surface area (Å²) in [4.78, 5) is 9.69. The van der Waals surface area contributed by atoms with Crippen molar-refractivity contribution in [2.24, 2.45) is 7.05 Å². The number of nitrogens with zero attached hydrogens (tertiary/aromatic N) is 3. The molecule has 0 radical (unpaired) electrons. The lowest BCUT2D eigenvalue weighted by Gasteiger charge is -2.05. The maximum atomic E-state index is 13.5. The van der Waals surface area contributed by atoms with E-state index in [-0.39, 0.29) is 12.1 Å². The van der Waals surface area contributed by atoms with Crippen LogP contribution in [-0.2, 0) is 13.6 Å². The highest BCUT2D eigenvalue weighted by Crippen LogP contribution is 2.22. The van der Waals surface area contributed by atoms with Crippen molar-refractivity contribution >= 4 is 11.4 Å². The number of nitro groups is 1. The quantitative estimate of drug-likeness (QED) is 0.681. The van der Waals surface area contributed by atoms with Crippen molar-refractivity contribution in [3.8, 4) is 0 Å². The largest absolute Gasteiger partial charge is 0.378 e. The zero-order valence-electron chi connectivity index (χ0n) is 9.93. The van der Waals surface area contributed by atoms with Gasteiger partial charge in [-0.25, -0.2) is 4.39 Å². The van der Waals surface area contributed by atoms with Crippen molar-refractivity contribution < 1.29 is 13.7 Å². The summed E-state index contributed by atoms with van der Waals surface area (Å²) in [6, 6.07) is 1.40. The van der Waals surface area contributed by atoms with Crippen LogP contribution in [0.4, 0.5) is 20.2 Å². The average molecular weight is 268 g/mol. The third-order valence-electron chi connectivity index (χ3n) is 2.50. The van der Waals surface area contributed by atoms with Gasteiger partial charge >= 0.3 is 5.69 Å². The zero-order chi connectivity index (χ0) is 14.0. The Labute approximate surface area is 106 Å². The first-order chi connectivity index (χ1) is 8.97. The number of rotatable bonds is 4. The standard InChI is InChI=1S/C11H10F2N4O2/c1-16-6-8(5-15-16)14-4-7-2-11(17(18)19)10(13)3-9(7)12/h2-3,5-6,14H,4H2,1H3. The summed E-state index contributed by atoms with van der Waals surface area (Å²) in [7, 11) is 1.72. The number of hydrogen-bond acceptors (Lipinski definition) is 4. The predicted octanol–water partition coefficient (Wildman–Crippen LogP) is 2.22. The van der Waals surface area contributed by atoms with Gasteiger partial charge in [-0.1, -0.05) is 0 Å². The lowest BCUT2D eigenvalue weighted by atomic mass is 10.1. The third-order valence-corrected chi connectivity index (χ3v) is 2.50. The molecular weight excluding hydrogens is 258 g/mol. The number of nitro benzene ring substituents is 1. The molecule has 0 saturated carbocycles. The van der Waals surface area contributed by atoms with Gasteiger partial charge < -0.3 is 5.32 Å². The van der Waals surface area contributed by atoms with Crippen LogP contribution in [0, 0.1) is 21.7 Å². The SMILES string of the molecule is Cn1cc(NCc2cc([N+](=O)[O-])c(F)cc2F)cn1. The molecule has 0 bridgehead atoms. The van der Waals surface area contributed by atoms with Gasteiger partial charge in [-0.05, 0) is 0 Å². The van der Waals surface area contributed by atoms with E-state index in [1.165, 1.54) is 6.20 Å². The van der Waals surface area contributed by atoms with E-state index in [1.54, 1.807) is 17.9 Å². The Bertz CT molecular complexity index is 627. The number of nitrogens with one attached hydrogen (secondary N) is 1. The van der Waals surface area contributed by atoms with E-state index in [9.17, 15) is 18.9 Å². The van der Waals surface area contributed by atoms with Crippen molar-refractivity contribution in [2.75, 3.05) is 5.32 Å². The molecule has 19 heavy (non-hydrogen) atoms. The summed E-state index contributed by atoms with van der Waals surface area (Å²) in [5.41, 5.74) is -0.102. The molecule has 0 unspecified atom stereocenters. The first-order valence-electron chi connectivity index (χ1n) is 5.32. The molecule has 100 valence electrons. The molecule has 1 N–H and O–H groups in total. The molecule has 0 spiro atoms. The van der Waals surface area contributed by atoms with Gasteiger partial charge in [0.15, 0.2) is 0 Å². The molecule has 1 heterocycles. The molecular formula is C11H10F2N4O2. The smallest absolute Gasteiger partial charge is 0.305 e. The maximum absolute atomic E-state index is 13.5. The molecule has 1 aromatic carbocycles. The van der Waals surface area contributed by atoms with Gasteiger partial charge in [0.25, 0.3) is 0 Å². The van der Waals surface area contributed by atoms with Gasteiger partial charge in [0.1, 0.15) is 5.82 Å². The van der Waals surface area contributed by atoms with Gasteiger partial charge in [-0.2, -0.15) is 9.49 Å². The van der Waals surface area contributed by atoms with Gasteiger partial charge in [0.2, 0.25) is 5.82 Å². The van der Waals surface area contributed by atoms with Crippen LogP contribution in [0.25, 0.3) is 0 Å². The highest BCUT2D eigenvalue weighted by atomic mass is 19.1. The third kappa shape index (κ3) is 2.84. The van der Waals surface area contributed by atoms with Gasteiger partial charge in [0, 0.05) is 37.5 Å². The fourth-order valence-electron chi connectivity index (χ4n) is 1.57. The lowest BCUT2D eigenvalue weighted by Crippen LogP contribution is -2.04. The number of anilines is 1. The van der Waals surface area contributed by atoms with Crippen molar-refractivity contribution in [3.63, 3.8) is 0 Å². The van der Waals surface area contributed by atoms with E-state index in [0.29, 0.717) is 11.8 Å². The molecule has 0 aliphatic heterocycles. The van der Waals surface area contributed by atoms with Crippen LogP contribution < -0.4 is 5.32 Å². The minimum absolute atomic E-state index is 0.00134. The van der Waals surface area contributed by atoms with Crippen LogP contribution >= 0.6 is 0 Å².